The summed E-state index contributed by atoms with van der Waals surface area (Å²) in [5, 5.41) is 4.60. The quantitative estimate of drug-likeness (QED) is 0.621. The van der Waals surface area contributed by atoms with Crippen molar-refractivity contribution in [2.24, 2.45) is 0 Å². The van der Waals surface area contributed by atoms with Crippen molar-refractivity contribution in [2.45, 2.75) is 43.0 Å². The molecule has 0 unspecified atom stereocenters. The molecule has 0 amide bonds. The SMILES string of the molecule is CSC1C[C@@H]2CC[C@@H](C1)N2. The second-order valence-corrected chi connectivity index (χ2v) is 4.61. The molecule has 2 aliphatic heterocycles. The van der Waals surface area contributed by atoms with Gasteiger partial charge in [-0.05, 0) is 31.9 Å². The number of rotatable bonds is 1. The van der Waals surface area contributed by atoms with Crippen molar-refractivity contribution in [2.75, 3.05) is 6.26 Å². The summed E-state index contributed by atoms with van der Waals surface area (Å²) < 4.78 is 0. The van der Waals surface area contributed by atoms with Gasteiger partial charge in [-0.15, -0.1) is 0 Å². The summed E-state index contributed by atoms with van der Waals surface area (Å²) in [7, 11) is 0. The van der Waals surface area contributed by atoms with Crippen LogP contribution < -0.4 is 5.32 Å². The first kappa shape index (κ1) is 6.99. The van der Waals surface area contributed by atoms with Crippen LogP contribution in [0.5, 0.6) is 0 Å². The van der Waals surface area contributed by atoms with Crippen LogP contribution in [-0.2, 0) is 0 Å². The van der Waals surface area contributed by atoms with Gasteiger partial charge in [-0.1, -0.05) is 0 Å². The summed E-state index contributed by atoms with van der Waals surface area (Å²) in [6, 6.07) is 1.74. The highest BCUT2D eigenvalue weighted by atomic mass is 32.2. The van der Waals surface area contributed by atoms with Gasteiger partial charge in [0.2, 0.25) is 0 Å². The van der Waals surface area contributed by atoms with Gasteiger partial charge in [-0.2, -0.15) is 11.8 Å². The Morgan fingerprint density at radius 3 is 2.30 bits per heavy atom. The molecule has 2 heterocycles. The zero-order valence-corrected chi connectivity index (χ0v) is 7.29. The van der Waals surface area contributed by atoms with Gasteiger partial charge < -0.3 is 5.32 Å². The molecule has 0 radical (unpaired) electrons. The standard InChI is InChI=1S/C8H15NS/c1-10-8-4-6-2-3-7(5-8)9-6/h6-9H,2-5H2,1H3/t6-,7-/m0/s1. The fourth-order valence-corrected chi connectivity index (χ4v) is 3.05. The number of hydrogen-bond donors (Lipinski definition) is 1. The summed E-state index contributed by atoms with van der Waals surface area (Å²) in [6.07, 6.45) is 7.94. The fourth-order valence-electron chi connectivity index (χ4n) is 2.20. The molecule has 0 aromatic heterocycles. The topological polar surface area (TPSA) is 12.0 Å². The molecule has 2 bridgehead atoms. The molecule has 2 fully saturated rings. The van der Waals surface area contributed by atoms with Gasteiger partial charge in [-0.25, -0.2) is 0 Å². The predicted molar refractivity (Wildman–Crippen MR) is 46.5 cm³/mol. The minimum atomic E-state index is 0.871. The van der Waals surface area contributed by atoms with E-state index in [1.165, 1.54) is 25.7 Å². The highest BCUT2D eigenvalue weighted by Gasteiger charge is 2.32. The first-order valence-electron chi connectivity index (χ1n) is 4.17. The van der Waals surface area contributed by atoms with Gasteiger partial charge in [0.25, 0.3) is 0 Å². The number of thioether (sulfide) groups is 1. The molecule has 10 heavy (non-hydrogen) atoms. The Morgan fingerprint density at radius 1 is 1.20 bits per heavy atom. The number of nitrogens with one attached hydrogen (secondary N) is 1. The molecule has 0 aromatic rings. The summed E-state index contributed by atoms with van der Waals surface area (Å²) >= 11 is 2.05. The second-order valence-electron chi connectivity index (χ2n) is 3.47. The Bertz CT molecular complexity index is 114. The van der Waals surface area contributed by atoms with Crippen LogP contribution in [0.2, 0.25) is 0 Å². The maximum atomic E-state index is 3.64. The molecule has 0 aromatic carbocycles. The molecule has 0 aliphatic carbocycles. The van der Waals surface area contributed by atoms with Crippen LogP contribution in [0.4, 0.5) is 0 Å². The van der Waals surface area contributed by atoms with Crippen molar-refractivity contribution in [1.82, 2.24) is 5.32 Å². The van der Waals surface area contributed by atoms with E-state index >= 15 is 0 Å². The molecule has 1 nitrogen and oxygen atoms in total. The first-order chi connectivity index (χ1) is 4.88. The van der Waals surface area contributed by atoms with Crippen molar-refractivity contribution in [3.63, 3.8) is 0 Å². The van der Waals surface area contributed by atoms with Crippen LogP contribution in [0.1, 0.15) is 25.7 Å². The summed E-state index contributed by atoms with van der Waals surface area (Å²) in [5.74, 6) is 0. The predicted octanol–water partition coefficient (Wildman–Crippen LogP) is 1.63. The van der Waals surface area contributed by atoms with E-state index in [-0.39, 0.29) is 0 Å². The second kappa shape index (κ2) is 2.74. The molecular weight excluding hydrogens is 142 g/mol. The molecule has 0 saturated carbocycles. The monoisotopic (exact) mass is 157 g/mol. The Morgan fingerprint density at radius 2 is 1.80 bits per heavy atom. The van der Waals surface area contributed by atoms with Crippen LogP contribution in [-0.4, -0.2) is 23.6 Å². The number of piperidine rings is 1. The molecular formula is C8H15NS. The van der Waals surface area contributed by atoms with E-state index in [2.05, 4.69) is 23.3 Å². The van der Waals surface area contributed by atoms with Gasteiger partial charge in [-0.3, -0.25) is 0 Å². The van der Waals surface area contributed by atoms with Crippen molar-refractivity contribution in [3.05, 3.63) is 0 Å². The summed E-state index contributed by atoms with van der Waals surface area (Å²) in [4.78, 5) is 0. The third kappa shape index (κ3) is 1.19. The lowest BCUT2D eigenvalue weighted by Crippen LogP contribution is -2.39. The van der Waals surface area contributed by atoms with E-state index < -0.39 is 0 Å². The van der Waals surface area contributed by atoms with E-state index in [9.17, 15) is 0 Å². The van der Waals surface area contributed by atoms with Crippen LogP contribution in [0.3, 0.4) is 0 Å². The van der Waals surface area contributed by atoms with Gasteiger partial charge in [0, 0.05) is 17.3 Å². The molecule has 2 saturated heterocycles. The fraction of sp³-hybridized carbons (Fsp3) is 1.00. The Hall–Kier alpha value is 0.310. The minimum absolute atomic E-state index is 0.871. The van der Waals surface area contributed by atoms with Crippen molar-refractivity contribution in [1.29, 1.82) is 0 Å². The van der Waals surface area contributed by atoms with E-state index in [1.54, 1.807) is 0 Å². The van der Waals surface area contributed by atoms with Crippen molar-refractivity contribution in [3.8, 4) is 0 Å². The molecule has 2 atom stereocenters. The lowest BCUT2D eigenvalue weighted by atomic mass is 10.1. The van der Waals surface area contributed by atoms with Crippen LogP contribution >= 0.6 is 11.8 Å². The van der Waals surface area contributed by atoms with E-state index in [0.29, 0.717) is 0 Å². The number of hydrogen-bond acceptors (Lipinski definition) is 2. The maximum absolute atomic E-state index is 3.64. The zero-order chi connectivity index (χ0) is 6.97. The molecule has 2 heteroatoms. The number of fused-ring (bicyclic) bond motifs is 2. The van der Waals surface area contributed by atoms with Crippen LogP contribution in [0.25, 0.3) is 0 Å². The van der Waals surface area contributed by atoms with E-state index in [1.807, 2.05) is 0 Å². The lowest BCUT2D eigenvalue weighted by molar-refractivity contribution is 0.415. The third-order valence-corrected chi connectivity index (χ3v) is 3.81. The average Bonchev–Trinajstić information content (AvgIpc) is 2.30. The van der Waals surface area contributed by atoms with Crippen molar-refractivity contribution >= 4 is 11.8 Å². The van der Waals surface area contributed by atoms with E-state index in [4.69, 9.17) is 0 Å². The van der Waals surface area contributed by atoms with Gasteiger partial charge in [0.1, 0.15) is 0 Å². The highest BCUT2D eigenvalue weighted by Crippen LogP contribution is 2.32. The van der Waals surface area contributed by atoms with Crippen molar-refractivity contribution < 1.29 is 0 Å². The molecule has 1 N–H and O–H groups in total. The maximum Gasteiger partial charge on any atom is 0.00807 e. The first-order valence-corrected chi connectivity index (χ1v) is 5.46. The summed E-state index contributed by atoms with van der Waals surface area (Å²) in [6.45, 7) is 0. The molecule has 58 valence electrons. The van der Waals surface area contributed by atoms with Gasteiger partial charge in [0.15, 0.2) is 0 Å². The lowest BCUT2D eigenvalue weighted by Gasteiger charge is -2.27. The normalized spacial score (nSPS) is 45.9. The molecule has 2 aliphatic rings. The molecule has 0 spiro atoms. The van der Waals surface area contributed by atoms with E-state index in [0.717, 1.165) is 17.3 Å². The zero-order valence-electron chi connectivity index (χ0n) is 6.47. The average molecular weight is 157 g/mol. The van der Waals surface area contributed by atoms with Gasteiger partial charge in [0.05, 0.1) is 0 Å². The Kier molecular flexibility index (Phi) is 1.92. The smallest absolute Gasteiger partial charge is 0.00807 e. The van der Waals surface area contributed by atoms with Gasteiger partial charge >= 0.3 is 0 Å². The highest BCUT2D eigenvalue weighted by molar-refractivity contribution is 7.99. The van der Waals surface area contributed by atoms with Crippen LogP contribution in [0.15, 0.2) is 0 Å². The Balaban J connectivity index is 1.96. The molecule has 2 rings (SSSR count). The minimum Gasteiger partial charge on any atom is -0.311 e. The Labute approximate surface area is 67.0 Å². The summed E-state index contributed by atoms with van der Waals surface area (Å²) in [5.41, 5.74) is 0. The third-order valence-electron chi connectivity index (χ3n) is 2.76. The van der Waals surface area contributed by atoms with Crippen LogP contribution in [0, 0.1) is 0 Å². The largest absolute Gasteiger partial charge is 0.311 e.